The minimum absolute atomic E-state index is 0.123. The number of rotatable bonds is 5. The van der Waals surface area contributed by atoms with E-state index in [4.69, 9.17) is 9.15 Å². The van der Waals surface area contributed by atoms with Crippen LogP contribution in [-0.2, 0) is 4.79 Å². The molecule has 140 valence electrons. The lowest BCUT2D eigenvalue weighted by atomic mass is 10.0. The fourth-order valence-electron chi connectivity index (χ4n) is 3.12. The standard InChI is InChI=1S/C22H23NO4/c1-13-7-5-6-8-18(13)15(3)23-22(25)16(4)26-17-9-10-19-14(2)11-21(24)27-20(19)12-17/h5-12,15-16H,1-4H3,(H,23,25)/t15-,16-/m1/s1. The van der Waals surface area contributed by atoms with Gasteiger partial charge in [0.1, 0.15) is 11.3 Å². The number of benzene rings is 2. The Morgan fingerprint density at radius 1 is 1.04 bits per heavy atom. The van der Waals surface area contributed by atoms with Crippen molar-refractivity contribution in [1.29, 1.82) is 0 Å². The van der Waals surface area contributed by atoms with Crippen molar-refractivity contribution in [2.24, 2.45) is 0 Å². The van der Waals surface area contributed by atoms with Gasteiger partial charge in [0, 0.05) is 17.5 Å². The molecule has 0 saturated carbocycles. The van der Waals surface area contributed by atoms with E-state index in [2.05, 4.69) is 5.32 Å². The molecular formula is C22H23NO4. The van der Waals surface area contributed by atoms with Crippen molar-refractivity contribution in [3.63, 3.8) is 0 Å². The topological polar surface area (TPSA) is 68.5 Å². The van der Waals surface area contributed by atoms with Crippen molar-refractivity contribution < 1.29 is 13.9 Å². The third kappa shape index (κ3) is 4.19. The van der Waals surface area contributed by atoms with Crippen LogP contribution in [0.4, 0.5) is 0 Å². The molecule has 3 rings (SSSR count). The maximum absolute atomic E-state index is 12.5. The van der Waals surface area contributed by atoms with Crippen LogP contribution in [0.2, 0.25) is 0 Å². The number of nitrogens with one attached hydrogen (secondary N) is 1. The van der Waals surface area contributed by atoms with E-state index in [0.29, 0.717) is 11.3 Å². The second kappa shape index (κ2) is 7.66. The second-order valence-electron chi connectivity index (χ2n) is 6.75. The molecule has 2 aromatic carbocycles. The van der Waals surface area contributed by atoms with E-state index in [1.165, 1.54) is 6.07 Å². The number of aryl methyl sites for hydroxylation is 2. The molecule has 27 heavy (non-hydrogen) atoms. The molecule has 0 fully saturated rings. The molecule has 1 amide bonds. The van der Waals surface area contributed by atoms with Crippen LogP contribution in [0.15, 0.2) is 57.7 Å². The van der Waals surface area contributed by atoms with Gasteiger partial charge in [-0.25, -0.2) is 4.79 Å². The van der Waals surface area contributed by atoms with Crippen LogP contribution >= 0.6 is 0 Å². The number of carbonyl (C=O) groups excluding carboxylic acids is 1. The zero-order valence-electron chi connectivity index (χ0n) is 15.9. The predicted octanol–water partition coefficient (Wildman–Crippen LogP) is 4.05. The van der Waals surface area contributed by atoms with Crippen LogP contribution in [0.3, 0.4) is 0 Å². The van der Waals surface area contributed by atoms with Gasteiger partial charge in [-0.1, -0.05) is 24.3 Å². The molecule has 0 aliphatic rings. The molecule has 0 unspecified atom stereocenters. The van der Waals surface area contributed by atoms with Crippen molar-refractivity contribution in [1.82, 2.24) is 5.32 Å². The summed E-state index contributed by atoms with van der Waals surface area (Å²) in [5, 5.41) is 3.82. The SMILES string of the molecule is Cc1ccccc1[C@@H](C)NC(=O)[C@@H](C)Oc1ccc2c(C)cc(=O)oc2c1. The fourth-order valence-corrected chi connectivity index (χ4v) is 3.12. The highest BCUT2D eigenvalue weighted by Gasteiger charge is 2.19. The van der Waals surface area contributed by atoms with Crippen molar-refractivity contribution in [3.05, 3.63) is 75.6 Å². The minimum Gasteiger partial charge on any atom is -0.481 e. The van der Waals surface area contributed by atoms with E-state index in [1.54, 1.807) is 19.1 Å². The summed E-state index contributed by atoms with van der Waals surface area (Å²) in [6.45, 7) is 7.50. The first-order valence-electron chi connectivity index (χ1n) is 8.92. The molecule has 5 heteroatoms. The molecule has 0 aliphatic heterocycles. The monoisotopic (exact) mass is 365 g/mol. The van der Waals surface area contributed by atoms with Gasteiger partial charge in [0.05, 0.1) is 6.04 Å². The number of ether oxygens (including phenoxy) is 1. The molecule has 1 aromatic heterocycles. The molecule has 0 saturated heterocycles. The Hall–Kier alpha value is -3.08. The highest BCUT2D eigenvalue weighted by molar-refractivity contribution is 5.83. The zero-order valence-corrected chi connectivity index (χ0v) is 15.9. The molecule has 0 bridgehead atoms. The Kier molecular flexibility index (Phi) is 5.31. The van der Waals surface area contributed by atoms with Crippen molar-refractivity contribution in [2.75, 3.05) is 0 Å². The Balaban J connectivity index is 1.72. The Morgan fingerprint density at radius 3 is 2.52 bits per heavy atom. The maximum Gasteiger partial charge on any atom is 0.336 e. The summed E-state index contributed by atoms with van der Waals surface area (Å²) in [6, 6.07) is 14.5. The van der Waals surface area contributed by atoms with Gasteiger partial charge in [0.25, 0.3) is 5.91 Å². The number of hydrogen-bond acceptors (Lipinski definition) is 4. The predicted molar refractivity (Wildman–Crippen MR) is 105 cm³/mol. The first-order chi connectivity index (χ1) is 12.8. The highest BCUT2D eigenvalue weighted by Crippen LogP contribution is 2.23. The lowest BCUT2D eigenvalue weighted by Gasteiger charge is -2.20. The molecule has 1 heterocycles. The van der Waals surface area contributed by atoms with Crippen LogP contribution in [-0.4, -0.2) is 12.0 Å². The van der Waals surface area contributed by atoms with Crippen molar-refractivity contribution >= 4 is 16.9 Å². The second-order valence-corrected chi connectivity index (χ2v) is 6.75. The average molecular weight is 365 g/mol. The zero-order chi connectivity index (χ0) is 19.6. The van der Waals surface area contributed by atoms with E-state index < -0.39 is 11.7 Å². The Morgan fingerprint density at radius 2 is 1.78 bits per heavy atom. The first kappa shape index (κ1) is 18.7. The van der Waals surface area contributed by atoms with Crippen LogP contribution in [0.1, 0.15) is 36.6 Å². The molecule has 3 aromatic rings. The lowest BCUT2D eigenvalue weighted by molar-refractivity contribution is -0.127. The van der Waals surface area contributed by atoms with Gasteiger partial charge in [-0.2, -0.15) is 0 Å². The summed E-state index contributed by atoms with van der Waals surface area (Å²) in [6.07, 6.45) is -0.689. The molecule has 0 spiro atoms. The third-order valence-corrected chi connectivity index (χ3v) is 4.62. The van der Waals surface area contributed by atoms with Gasteiger partial charge in [-0.15, -0.1) is 0 Å². The van der Waals surface area contributed by atoms with E-state index >= 15 is 0 Å². The van der Waals surface area contributed by atoms with E-state index in [1.807, 2.05) is 51.1 Å². The Bertz CT molecular complexity index is 1040. The molecule has 1 N–H and O–H groups in total. The molecule has 2 atom stereocenters. The van der Waals surface area contributed by atoms with E-state index in [-0.39, 0.29) is 11.9 Å². The van der Waals surface area contributed by atoms with Gasteiger partial charge in [0.2, 0.25) is 0 Å². The number of fused-ring (bicyclic) bond motifs is 1. The highest BCUT2D eigenvalue weighted by atomic mass is 16.5. The normalized spacial score (nSPS) is 13.2. The van der Waals surface area contributed by atoms with E-state index in [0.717, 1.165) is 22.1 Å². The van der Waals surface area contributed by atoms with Gasteiger partial charge >= 0.3 is 5.63 Å². The quantitative estimate of drug-likeness (QED) is 0.693. The van der Waals surface area contributed by atoms with E-state index in [9.17, 15) is 9.59 Å². The van der Waals surface area contributed by atoms with Crippen LogP contribution in [0.25, 0.3) is 11.0 Å². The summed E-state index contributed by atoms with van der Waals surface area (Å²) in [4.78, 5) is 24.1. The van der Waals surface area contributed by atoms with Gasteiger partial charge in [-0.05, 0) is 56.5 Å². The minimum atomic E-state index is -0.689. The Labute approximate surface area is 158 Å². The number of amides is 1. The smallest absolute Gasteiger partial charge is 0.336 e. The molecule has 0 radical (unpaired) electrons. The summed E-state index contributed by atoms with van der Waals surface area (Å²) in [5.74, 6) is 0.263. The van der Waals surface area contributed by atoms with Gasteiger partial charge in [0.15, 0.2) is 6.10 Å². The third-order valence-electron chi connectivity index (χ3n) is 4.62. The lowest BCUT2D eigenvalue weighted by Crippen LogP contribution is -2.37. The summed E-state index contributed by atoms with van der Waals surface area (Å²) >= 11 is 0. The summed E-state index contributed by atoms with van der Waals surface area (Å²) in [5.41, 5.74) is 3.07. The fraction of sp³-hybridized carbons (Fsp3) is 0.273. The van der Waals surface area contributed by atoms with Crippen LogP contribution < -0.4 is 15.7 Å². The molecular weight excluding hydrogens is 342 g/mol. The van der Waals surface area contributed by atoms with Crippen LogP contribution in [0.5, 0.6) is 5.75 Å². The summed E-state index contributed by atoms with van der Waals surface area (Å²) < 4.78 is 11.0. The molecule has 5 nitrogen and oxygen atoms in total. The van der Waals surface area contributed by atoms with Crippen molar-refractivity contribution in [2.45, 2.75) is 39.8 Å². The largest absolute Gasteiger partial charge is 0.481 e. The van der Waals surface area contributed by atoms with Gasteiger partial charge < -0.3 is 14.5 Å². The number of hydrogen-bond donors (Lipinski definition) is 1. The first-order valence-corrected chi connectivity index (χ1v) is 8.92. The average Bonchev–Trinajstić information content (AvgIpc) is 2.61. The van der Waals surface area contributed by atoms with Crippen LogP contribution in [0, 0.1) is 13.8 Å². The summed E-state index contributed by atoms with van der Waals surface area (Å²) in [7, 11) is 0. The van der Waals surface area contributed by atoms with Gasteiger partial charge in [-0.3, -0.25) is 4.79 Å². The van der Waals surface area contributed by atoms with Crippen molar-refractivity contribution in [3.8, 4) is 5.75 Å². The maximum atomic E-state index is 12.5. The number of carbonyl (C=O) groups is 1. The molecule has 0 aliphatic carbocycles.